The molecule has 36 heavy (non-hydrogen) atoms. The third kappa shape index (κ3) is 6.44. The maximum Gasteiger partial charge on any atom is 0.264 e. The SMILES string of the molecule is CC[C@@H](C(=O)NC)N(Cc1ccc(Cl)cc1)C(=O)CN(c1cccc(C)c1)S(=O)(=O)c1ccccc1. The fraction of sp³-hybridized carbons (Fsp3) is 0.259. The lowest BCUT2D eigenvalue weighted by atomic mass is 10.1. The number of likely N-dealkylation sites (N-methyl/N-ethyl adjacent to an activating group) is 1. The van der Waals surface area contributed by atoms with Crippen molar-refractivity contribution < 1.29 is 18.0 Å². The molecule has 0 saturated heterocycles. The van der Waals surface area contributed by atoms with Crippen molar-refractivity contribution in [1.82, 2.24) is 10.2 Å². The maximum atomic E-state index is 13.8. The first-order valence-electron chi connectivity index (χ1n) is 11.6. The van der Waals surface area contributed by atoms with Crippen LogP contribution in [0.5, 0.6) is 0 Å². The van der Waals surface area contributed by atoms with E-state index in [2.05, 4.69) is 5.32 Å². The Hall–Kier alpha value is -3.36. The van der Waals surface area contributed by atoms with Gasteiger partial charge in [-0.1, -0.05) is 61.0 Å². The van der Waals surface area contributed by atoms with Gasteiger partial charge in [-0.2, -0.15) is 0 Å². The van der Waals surface area contributed by atoms with E-state index in [4.69, 9.17) is 11.6 Å². The van der Waals surface area contributed by atoms with E-state index in [1.165, 1.54) is 24.1 Å². The number of rotatable bonds is 10. The molecule has 0 aliphatic carbocycles. The molecule has 0 spiro atoms. The standard InChI is InChI=1S/C27H30ClN3O4S/c1-4-25(27(33)29-3)30(18-21-13-15-22(28)16-14-21)26(32)19-31(23-10-8-9-20(2)17-23)36(34,35)24-11-6-5-7-12-24/h5-17,25H,4,18-19H2,1-3H3,(H,29,33)/t25-/m0/s1. The monoisotopic (exact) mass is 527 g/mol. The third-order valence-corrected chi connectivity index (χ3v) is 7.84. The second kappa shape index (κ2) is 12.1. The van der Waals surface area contributed by atoms with Gasteiger partial charge < -0.3 is 10.2 Å². The number of nitrogens with one attached hydrogen (secondary N) is 1. The Balaban J connectivity index is 2.04. The Bertz CT molecular complexity index is 1300. The molecule has 1 atom stereocenters. The molecule has 3 aromatic carbocycles. The maximum absolute atomic E-state index is 13.8. The molecule has 0 aliphatic heterocycles. The summed E-state index contributed by atoms with van der Waals surface area (Å²) in [6.07, 6.45) is 0.356. The van der Waals surface area contributed by atoms with Crippen LogP contribution in [0.4, 0.5) is 5.69 Å². The smallest absolute Gasteiger partial charge is 0.264 e. The lowest BCUT2D eigenvalue weighted by Gasteiger charge is -2.33. The predicted molar refractivity (Wildman–Crippen MR) is 142 cm³/mol. The van der Waals surface area contributed by atoms with Crippen molar-refractivity contribution in [2.24, 2.45) is 0 Å². The Morgan fingerprint density at radius 2 is 1.64 bits per heavy atom. The highest BCUT2D eigenvalue weighted by Crippen LogP contribution is 2.25. The van der Waals surface area contributed by atoms with Crippen LogP contribution >= 0.6 is 11.6 Å². The van der Waals surface area contributed by atoms with Crippen LogP contribution in [0.1, 0.15) is 24.5 Å². The van der Waals surface area contributed by atoms with Crippen molar-refractivity contribution in [3.63, 3.8) is 0 Å². The number of nitrogens with zero attached hydrogens (tertiary/aromatic N) is 2. The van der Waals surface area contributed by atoms with Crippen LogP contribution in [-0.4, -0.2) is 44.8 Å². The van der Waals surface area contributed by atoms with Gasteiger partial charge in [0.2, 0.25) is 11.8 Å². The van der Waals surface area contributed by atoms with E-state index in [9.17, 15) is 18.0 Å². The molecule has 0 saturated carbocycles. The normalized spacial score (nSPS) is 12.0. The zero-order valence-corrected chi connectivity index (χ0v) is 22.1. The third-order valence-electron chi connectivity index (χ3n) is 5.80. The molecule has 7 nitrogen and oxygen atoms in total. The highest BCUT2D eigenvalue weighted by molar-refractivity contribution is 7.92. The summed E-state index contributed by atoms with van der Waals surface area (Å²) in [5.41, 5.74) is 1.98. The van der Waals surface area contributed by atoms with Crippen molar-refractivity contribution in [3.8, 4) is 0 Å². The molecule has 3 rings (SSSR count). The van der Waals surface area contributed by atoms with Gasteiger partial charge in [0.1, 0.15) is 12.6 Å². The summed E-state index contributed by atoms with van der Waals surface area (Å²) in [5.74, 6) is -0.825. The summed E-state index contributed by atoms with van der Waals surface area (Å²) < 4.78 is 28.5. The van der Waals surface area contributed by atoms with Crippen LogP contribution in [-0.2, 0) is 26.2 Å². The number of hydrogen-bond donors (Lipinski definition) is 1. The molecule has 1 N–H and O–H groups in total. The van der Waals surface area contributed by atoms with E-state index in [1.807, 2.05) is 13.0 Å². The summed E-state index contributed by atoms with van der Waals surface area (Å²) in [5, 5.41) is 3.16. The number of carbonyl (C=O) groups is 2. The molecule has 0 fully saturated rings. The molecule has 0 heterocycles. The fourth-order valence-electron chi connectivity index (χ4n) is 3.90. The summed E-state index contributed by atoms with van der Waals surface area (Å²) >= 11 is 6.01. The number of sulfonamides is 1. The van der Waals surface area contributed by atoms with Gasteiger partial charge in [-0.05, 0) is 60.9 Å². The van der Waals surface area contributed by atoms with Gasteiger partial charge in [0.25, 0.3) is 10.0 Å². The van der Waals surface area contributed by atoms with Gasteiger partial charge in [-0.3, -0.25) is 13.9 Å². The van der Waals surface area contributed by atoms with Crippen molar-refractivity contribution in [2.45, 2.75) is 37.8 Å². The van der Waals surface area contributed by atoms with Crippen LogP contribution in [0.15, 0.2) is 83.8 Å². The lowest BCUT2D eigenvalue weighted by molar-refractivity contribution is -0.140. The molecule has 9 heteroatoms. The second-order valence-electron chi connectivity index (χ2n) is 8.35. The minimum atomic E-state index is -4.07. The zero-order chi connectivity index (χ0) is 26.3. The molecule has 2 amide bonds. The Morgan fingerprint density at radius 3 is 2.22 bits per heavy atom. The quantitative estimate of drug-likeness (QED) is 0.423. The van der Waals surface area contributed by atoms with Gasteiger partial charge in [-0.15, -0.1) is 0 Å². The van der Waals surface area contributed by atoms with Crippen LogP contribution in [0.25, 0.3) is 0 Å². The summed E-state index contributed by atoms with van der Waals surface area (Å²) in [4.78, 5) is 28.0. The van der Waals surface area contributed by atoms with E-state index >= 15 is 0 Å². The van der Waals surface area contributed by atoms with Crippen molar-refractivity contribution >= 4 is 39.1 Å². The van der Waals surface area contributed by atoms with Gasteiger partial charge in [0, 0.05) is 18.6 Å². The average molecular weight is 528 g/mol. The van der Waals surface area contributed by atoms with Crippen LogP contribution in [0, 0.1) is 6.92 Å². The van der Waals surface area contributed by atoms with E-state index in [0.717, 1.165) is 15.4 Å². The van der Waals surface area contributed by atoms with E-state index < -0.39 is 28.5 Å². The highest BCUT2D eigenvalue weighted by Gasteiger charge is 2.33. The molecule has 0 unspecified atom stereocenters. The number of benzene rings is 3. The fourth-order valence-corrected chi connectivity index (χ4v) is 5.46. The summed E-state index contributed by atoms with van der Waals surface area (Å²) in [7, 11) is -2.56. The van der Waals surface area contributed by atoms with Gasteiger partial charge in [0.05, 0.1) is 10.6 Å². The molecule has 3 aromatic rings. The Morgan fingerprint density at radius 1 is 0.972 bits per heavy atom. The first-order chi connectivity index (χ1) is 17.2. The molecule has 0 bridgehead atoms. The predicted octanol–water partition coefficient (Wildman–Crippen LogP) is 4.40. The molecule has 0 aromatic heterocycles. The number of halogens is 1. The Labute approximate surface area is 217 Å². The van der Waals surface area contributed by atoms with Crippen LogP contribution in [0.2, 0.25) is 5.02 Å². The van der Waals surface area contributed by atoms with E-state index in [1.54, 1.807) is 67.6 Å². The number of hydrogen-bond acceptors (Lipinski definition) is 4. The minimum absolute atomic E-state index is 0.0712. The van der Waals surface area contributed by atoms with Crippen molar-refractivity contribution in [2.75, 3.05) is 17.9 Å². The van der Waals surface area contributed by atoms with Crippen molar-refractivity contribution in [1.29, 1.82) is 0 Å². The second-order valence-corrected chi connectivity index (χ2v) is 10.6. The lowest BCUT2D eigenvalue weighted by Crippen LogP contribution is -2.51. The first kappa shape index (κ1) is 27.2. The number of carbonyl (C=O) groups excluding carboxylic acids is 2. The molecular weight excluding hydrogens is 498 g/mol. The largest absolute Gasteiger partial charge is 0.357 e. The average Bonchev–Trinajstić information content (AvgIpc) is 2.88. The van der Waals surface area contributed by atoms with Gasteiger partial charge in [-0.25, -0.2) is 8.42 Å². The van der Waals surface area contributed by atoms with E-state index in [0.29, 0.717) is 17.1 Å². The van der Waals surface area contributed by atoms with Gasteiger partial charge in [0.15, 0.2) is 0 Å². The van der Waals surface area contributed by atoms with Gasteiger partial charge >= 0.3 is 0 Å². The van der Waals surface area contributed by atoms with Crippen LogP contribution < -0.4 is 9.62 Å². The molecular formula is C27H30ClN3O4S. The highest BCUT2D eigenvalue weighted by atomic mass is 35.5. The Kier molecular flexibility index (Phi) is 9.12. The molecule has 0 radical (unpaired) electrons. The topological polar surface area (TPSA) is 86.8 Å². The number of anilines is 1. The molecule has 0 aliphatic rings. The first-order valence-corrected chi connectivity index (χ1v) is 13.4. The number of amides is 2. The molecule has 190 valence electrons. The minimum Gasteiger partial charge on any atom is -0.357 e. The summed E-state index contributed by atoms with van der Waals surface area (Å²) in [6.45, 7) is 3.31. The number of aryl methyl sites for hydroxylation is 1. The zero-order valence-electron chi connectivity index (χ0n) is 20.5. The van der Waals surface area contributed by atoms with Crippen molar-refractivity contribution in [3.05, 3.63) is 95.0 Å². The van der Waals surface area contributed by atoms with Crippen LogP contribution in [0.3, 0.4) is 0 Å². The van der Waals surface area contributed by atoms with E-state index in [-0.39, 0.29) is 17.3 Å². The summed E-state index contributed by atoms with van der Waals surface area (Å²) in [6, 6.07) is 21.1.